The number of halogens is 1. The van der Waals surface area contributed by atoms with Crippen LogP contribution >= 0.6 is 35.1 Å². The van der Waals surface area contributed by atoms with Crippen LogP contribution in [-0.2, 0) is 70.3 Å². The van der Waals surface area contributed by atoms with Crippen molar-refractivity contribution >= 4 is 76.8 Å². The number of carbonyl (C=O) groups is 4. The number of aryl methyl sites for hydroxylation is 2. The largest absolute Gasteiger partial charge is 0.390 e. The predicted octanol–water partition coefficient (Wildman–Crippen LogP) is 7.22. The van der Waals surface area contributed by atoms with Crippen molar-refractivity contribution in [2.24, 2.45) is 25.6 Å². The third-order valence-electron chi connectivity index (χ3n) is 10.3. The molecule has 6 heterocycles. The third kappa shape index (κ3) is 12.7. The molecule has 4 aromatic heterocycles. The van der Waals surface area contributed by atoms with Crippen LogP contribution in [0.3, 0.4) is 0 Å². The number of hydrogen-bond acceptors (Lipinski definition) is 13. The van der Waals surface area contributed by atoms with Crippen LogP contribution in [0.4, 0.5) is 10.0 Å². The van der Waals surface area contributed by atoms with Gasteiger partial charge in [0, 0.05) is 51.4 Å². The van der Waals surface area contributed by atoms with E-state index in [9.17, 15) is 24.3 Å². The molecule has 0 bridgehead atoms. The molecular formula is C43H67ClN8O9S2Si. The minimum Gasteiger partial charge on any atom is -0.390 e. The number of carbonyl (C=O) groups excluding carboxylic acids is 4. The van der Waals surface area contributed by atoms with Gasteiger partial charge in [0.2, 0.25) is 0 Å². The Morgan fingerprint density at radius 2 is 1.17 bits per heavy atom. The Hall–Kier alpha value is -3.99. The second-order valence-electron chi connectivity index (χ2n) is 19.1. The van der Waals surface area contributed by atoms with Crippen LogP contribution in [0.25, 0.3) is 0 Å². The Kier molecular flexibility index (Phi) is 17.2. The second-order valence-corrected chi connectivity index (χ2v) is 26.8. The fraction of sp³-hybridized carbons (Fsp3) is 0.581. The second kappa shape index (κ2) is 20.3. The van der Waals surface area contributed by atoms with Gasteiger partial charge in [-0.25, -0.2) is 0 Å². The van der Waals surface area contributed by atoms with Crippen molar-refractivity contribution < 1.29 is 43.2 Å². The van der Waals surface area contributed by atoms with Gasteiger partial charge < -0.3 is 46.2 Å². The maximum Gasteiger partial charge on any atom is 0.276 e. The lowest BCUT2D eigenvalue weighted by atomic mass is 9.86. The monoisotopic (exact) mass is 966 g/mol. The highest BCUT2D eigenvalue weighted by atomic mass is 35.5. The lowest BCUT2D eigenvalue weighted by molar-refractivity contribution is -0.136. The van der Waals surface area contributed by atoms with Gasteiger partial charge in [-0.3, -0.25) is 28.5 Å². The van der Waals surface area contributed by atoms with Crippen LogP contribution in [0.5, 0.6) is 0 Å². The Labute approximate surface area is 391 Å². The molecule has 0 aliphatic carbocycles. The summed E-state index contributed by atoms with van der Waals surface area (Å²) < 4.78 is 26.6. The first kappa shape index (κ1) is 54.3. The standard InChI is InChI=1S/C24H38N4O5SSi.C18H24N4O4S.CH4.ClH/c1-23(2)12-16-18(20(25)29)22(34-19(16)24(3,4)33-23)26-21(30)17-11-15(28(5)27-17)13-32-14-31-9-10-35(6,7)8;1-17(2)7-10-12(14(19)24)16(27-13(10)18(3,4)26-17)20-15(25)11-6-9(8-23)22(5)21-11;;/h11H,9-10,12-14H2,1-8H3,(H2,25,29)(H,26,30);6,23H,7-8H2,1-5H3,(H2,19,24)(H,20,25);1H4;1H. The number of aliphatic hydroxyl groups is 1. The molecule has 356 valence electrons. The lowest BCUT2D eigenvalue weighted by Gasteiger charge is -2.41. The number of fused-ring (bicyclic) bond motifs is 2. The smallest absolute Gasteiger partial charge is 0.276 e. The van der Waals surface area contributed by atoms with Crippen LogP contribution < -0.4 is 22.1 Å². The molecule has 0 saturated carbocycles. The summed E-state index contributed by atoms with van der Waals surface area (Å²) in [4.78, 5) is 52.0. The zero-order valence-electron chi connectivity index (χ0n) is 38.5. The maximum atomic E-state index is 13.0. The van der Waals surface area contributed by atoms with Crippen molar-refractivity contribution in [3.8, 4) is 0 Å². The topological polar surface area (TPSA) is 237 Å². The molecule has 4 amide bonds. The number of anilines is 2. The molecule has 6 rings (SSSR count). The van der Waals surface area contributed by atoms with Gasteiger partial charge in [0.25, 0.3) is 23.6 Å². The highest BCUT2D eigenvalue weighted by Crippen LogP contribution is 2.49. The summed E-state index contributed by atoms with van der Waals surface area (Å²) in [7, 11) is 2.26. The number of nitrogens with zero attached hydrogens (tertiary/aromatic N) is 4. The molecule has 0 saturated heterocycles. The first-order valence-corrected chi connectivity index (χ1v) is 25.7. The number of nitrogens with one attached hydrogen (secondary N) is 2. The SMILES string of the molecule is C.Cl.Cn1nc(C(=O)Nc2sc3c(c2C(N)=O)CC(C)(C)OC3(C)C)cc1CO.Cn1nc(C(=O)Nc2sc3c(c2C(N)=O)CC(C)(C)OC3(C)C)cc1COCOCC[Si](C)(C)C. The van der Waals surface area contributed by atoms with E-state index in [2.05, 4.69) is 40.5 Å². The van der Waals surface area contributed by atoms with Crippen LogP contribution in [0.2, 0.25) is 25.7 Å². The molecule has 2 aliphatic heterocycles. The van der Waals surface area contributed by atoms with Crippen molar-refractivity contribution in [2.45, 2.75) is 137 Å². The van der Waals surface area contributed by atoms with Crippen LogP contribution in [-0.4, -0.2) is 81.0 Å². The molecule has 64 heavy (non-hydrogen) atoms. The van der Waals surface area contributed by atoms with E-state index in [1.54, 1.807) is 24.8 Å². The number of hydrogen-bond donors (Lipinski definition) is 5. The average molecular weight is 968 g/mol. The summed E-state index contributed by atoms with van der Waals surface area (Å²) in [6.07, 6.45) is 1.05. The first-order chi connectivity index (χ1) is 28.5. The maximum absolute atomic E-state index is 13.0. The number of aromatic nitrogens is 4. The minimum atomic E-state index is -1.14. The number of ether oxygens (including phenoxy) is 4. The van der Waals surface area contributed by atoms with Gasteiger partial charge in [-0.1, -0.05) is 27.1 Å². The van der Waals surface area contributed by atoms with E-state index in [-0.39, 0.29) is 51.2 Å². The first-order valence-electron chi connectivity index (χ1n) is 20.3. The number of rotatable bonds is 14. The fourth-order valence-electron chi connectivity index (χ4n) is 7.83. The molecule has 21 heteroatoms. The van der Waals surface area contributed by atoms with E-state index in [0.29, 0.717) is 46.3 Å². The van der Waals surface area contributed by atoms with E-state index in [1.807, 2.05) is 55.4 Å². The highest BCUT2D eigenvalue weighted by molar-refractivity contribution is 7.17. The van der Waals surface area contributed by atoms with Gasteiger partial charge in [0.1, 0.15) is 16.8 Å². The zero-order valence-corrected chi connectivity index (χ0v) is 41.9. The normalized spacial score (nSPS) is 16.5. The van der Waals surface area contributed by atoms with Gasteiger partial charge in [0.15, 0.2) is 11.4 Å². The van der Waals surface area contributed by atoms with Crippen molar-refractivity contribution in [3.63, 3.8) is 0 Å². The molecule has 0 radical (unpaired) electrons. The van der Waals surface area contributed by atoms with Crippen molar-refractivity contribution in [1.29, 1.82) is 0 Å². The Morgan fingerprint density at radius 1 is 0.766 bits per heavy atom. The fourth-order valence-corrected chi connectivity index (χ4v) is 11.1. The van der Waals surface area contributed by atoms with Gasteiger partial charge in [-0.2, -0.15) is 10.2 Å². The Balaban J connectivity index is 0.000000340. The van der Waals surface area contributed by atoms with Crippen LogP contribution in [0, 0.1) is 0 Å². The summed E-state index contributed by atoms with van der Waals surface area (Å²) in [6, 6.07) is 4.25. The van der Waals surface area contributed by atoms with Gasteiger partial charge in [-0.05, 0) is 84.7 Å². The zero-order chi connectivity index (χ0) is 46.3. The van der Waals surface area contributed by atoms with Gasteiger partial charge >= 0.3 is 0 Å². The third-order valence-corrected chi connectivity index (χ3v) is 14.9. The predicted molar refractivity (Wildman–Crippen MR) is 255 cm³/mol. The van der Waals surface area contributed by atoms with E-state index >= 15 is 0 Å². The van der Waals surface area contributed by atoms with Gasteiger partial charge in [-0.15, -0.1) is 35.1 Å². The van der Waals surface area contributed by atoms with Crippen LogP contribution in [0.15, 0.2) is 12.1 Å². The summed E-state index contributed by atoms with van der Waals surface area (Å²) in [6.45, 7) is 23.5. The van der Waals surface area contributed by atoms with E-state index in [4.69, 9.17) is 30.4 Å². The number of nitrogens with two attached hydrogens (primary N) is 2. The molecule has 4 aromatic rings. The van der Waals surface area contributed by atoms with E-state index in [1.165, 1.54) is 33.4 Å². The molecule has 0 fully saturated rings. The minimum absolute atomic E-state index is 0. The highest BCUT2D eigenvalue weighted by Gasteiger charge is 2.44. The molecule has 7 N–H and O–H groups in total. The number of primary amides is 2. The number of amides is 4. The molecule has 0 spiro atoms. The number of thiophene rings is 2. The summed E-state index contributed by atoms with van der Waals surface area (Å²) in [5.74, 6) is -2.05. The van der Waals surface area contributed by atoms with E-state index in [0.717, 1.165) is 32.6 Å². The van der Waals surface area contributed by atoms with Crippen LogP contribution in [0.1, 0.15) is 137 Å². The Bertz CT molecular complexity index is 2360. The molecule has 17 nitrogen and oxygen atoms in total. The van der Waals surface area contributed by atoms with Crippen molar-refractivity contribution in [3.05, 3.63) is 66.9 Å². The average Bonchev–Trinajstić information content (AvgIpc) is 3.87. The summed E-state index contributed by atoms with van der Waals surface area (Å²) in [5.41, 5.74) is 13.2. The van der Waals surface area contributed by atoms with Crippen molar-refractivity contribution in [2.75, 3.05) is 24.0 Å². The van der Waals surface area contributed by atoms with E-state index < -0.39 is 54.1 Å². The molecule has 2 aliphatic rings. The quantitative estimate of drug-likeness (QED) is 0.0481. The molecule has 0 unspecified atom stereocenters. The summed E-state index contributed by atoms with van der Waals surface area (Å²) in [5, 5.41) is 24.1. The van der Waals surface area contributed by atoms with Gasteiger partial charge in [0.05, 0.1) is 58.1 Å². The number of aliphatic hydroxyl groups excluding tert-OH is 1. The molecule has 0 atom stereocenters. The molecule has 0 aromatic carbocycles. The lowest BCUT2D eigenvalue weighted by Crippen LogP contribution is -2.42. The summed E-state index contributed by atoms with van der Waals surface area (Å²) >= 11 is 2.62. The molecular weight excluding hydrogens is 900 g/mol. The van der Waals surface area contributed by atoms with Crippen molar-refractivity contribution in [1.82, 2.24) is 19.6 Å². The Morgan fingerprint density at radius 3 is 1.55 bits per heavy atom.